The fraction of sp³-hybridized carbons (Fsp3) is 0.217. The van der Waals surface area contributed by atoms with E-state index in [1.165, 1.54) is 82.0 Å². The van der Waals surface area contributed by atoms with Crippen molar-refractivity contribution in [2.75, 3.05) is 4.90 Å². The van der Waals surface area contributed by atoms with Crippen LogP contribution in [0, 0.1) is 23.2 Å². The molecule has 14 rings (SSSR count). The molecule has 0 amide bonds. The molecule has 3 nitrogen and oxygen atoms in total. The molecule has 2 bridgehead atoms. The van der Waals surface area contributed by atoms with E-state index in [1.807, 2.05) is 12.3 Å². The Labute approximate surface area is 369 Å². The topological polar surface area (TPSA) is 21.1 Å². The zero-order chi connectivity index (χ0) is 41.7. The van der Waals surface area contributed by atoms with Crippen molar-refractivity contribution >= 4 is 39.0 Å². The van der Waals surface area contributed by atoms with Crippen molar-refractivity contribution in [3.05, 3.63) is 199 Å². The van der Waals surface area contributed by atoms with Crippen LogP contribution in [0.1, 0.15) is 62.6 Å². The van der Waals surface area contributed by atoms with Gasteiger partial charge in [-0.2, -0.15) is 0 Å². The molecule has 2 aromatic heterocycles. The molecule has 3 heteroatoms. The standard InChI is InChI=1S/C60H49N3/c1-58(2)54-11-5-3-8-50(54)51-30-29-49(34-55(51)58)62(47-25-27-48(28-26-47)63-56-12-6-4-9-52(56)53-10-7-31-61-57(53)63)46-23-19-42(20-24-46)40-15-13-39(14-16-40)41-17-21-43(22-18-41)59-35-38-32-44-33-45(37-59)60(44,59)36-38/h3-31,34,38,44-45H,32-33,35-37H2,1-2H3. The average molecular weight is 812 g/mol. The van der Waals surface area contributed by atoms with E-state index in [9.17, 15) is 0 Å². The third kappa shape index (κ3) is 4.78. The zero-order valence-corrected chi connectivity index (χ0v) is 35.9. The third-order valence-corrected chi connectivity index (χ3v) is 17.1. The van der Waals surface area contributed by atoms with E-state index in [0.29, 0.717) is 10.8 Å². The lowest BCUT2D eigenvalue weighted by atomic mass is 9.31. The van der Waals surface area contributed by atoms with Crippen LogP contribution in [0.3, 0.4) is 0 Å². The highest BCUT2D eigenvalue weighted by Crippen LogP contribution is 2.86. The van der Waals surface area contributed by atoms with Crippen LogP contribution in [0.4, 0.5) is 17.1 Å². The van der Waals surface area contributed by atoms with Gasteiger partial charge < -0.3 is 4.90 Å². The maximum atomic E-state index is 4.85. The molecule has 0 saturated heterocycles. The van der Waals surface area contributed by atoms with Gasteiger partial charge in [0.1, 0.15) is 5.65 Å². The first-order chi connectivity index (χ1) is 30.9. The minimum atomic E-state index is -0.103. The van der Waals surface area contributed by atoms with Crippen molar-refractivity contribution in [3.8, 4) is 39.1 Å². The molecular formula is C60H49N3. The molecular weight excluding hydrogens is 763 g/mol. The molecule has 0 N–H and O–H groups in total. The van der Waals surface area contributed by atoms with Crippen LogP contribution >= 0.6 is 0 Å². The summed E-state index contributed by atoms with van der Waals surface area (Å²) in [6.07, 6.45) is 9.33. The maximum Gasteiger partial charge on any atom is 0.145 e. The monoisotopic (exact) mass is 811 g/mol. The number of benzene rings is 7. The normalized spacial score (nSPS) is 24.1. The lowest BCUT2D eigenvalue weighted by Crippen LogP contribution is -2.68. The van der Waals surface area contributed by atoms with Gasteiger partial charge in [-0.1, -0.05) is 123 Å². The summed E-state index contributed by atoms with van der Waals surface area (Å²) in [5, 5.41) is 2.38. The molecule has 304 valence electrons. The molecule has 5 atom stereocenters. The number of rotatable bonds is 7. The van der Waals surface area contributed by atoms with E-state index in [-0.39, 0.29) is 5.41 Å². The number of pyridine rings is 1. The van der Waals surface area contributed by atoms with E-state index >= 15 is 0 Å². The Balaban J connectivity index is 0.796. The molecule has 5 aliphatic rings. The van der Waals surface area contributed by atoms with Crippen LogP contribution in [0.15, 0.2) is 182 Å². The first-order valence-corrected chi connectivity index (χ1v) is 23.2. The molecule has 1 spiro atoms. The molecule has 9 aromatic rings. The Morgan fingerprint density at radius 3 is 1.87 bits per heavy atom. The van der Waals surface area contributed by atoms with Gasteiger partial charge in [-0.15, -0.1) is 0 Å². The minimum Gasteiger partial charge on any atom is -0.310 e. The molecule has 0 radical (unpaired) electrons. The SMILES string of the molecule is CC1(C)c2ccccc2-c2ccc(N(c3ccc(-c4ccc(-c5ccc(C67CC8CC9CC(C6)C97C8)cc5)cc4)cc3)c3ccc(-n4c5ccccc5c5cccnc54)cc3)cc21. The highest BCUT2D eigenvalue weighted by Gasteiger charge is 2.80. The summed E-state index contributed by atoms with van der Waals surface area (Å²) in [5.74, 6) is 3.03. The van der Waals surface area contributed by atoms with E-state index in [0.717, 1.165) is 57.1 Å². The van der Waals surface area contributed by atoms with Crippen LogP contribution in [0.25, 0.3) is 61.0 Å². The second-order valence-corrected chi connectivity index (χ2v) is 20.1. The van der Waals surface area contributed by atoms with Gasteiger partial charge in [0.25, 0.3) is 0 Å². The molecule has 4 fully saturated rings. The van der Waals surface area contributed by atoms with E-state index in [2.05, 4.69) is 193 Å². The Kier molecular flexibility index (Phi) is 7.22. The summed E-state index contributed by atoms with van der Waals surface area (Å²) in [6.45, 7) is 4.72. The predicted molar refractivity (Wildman–Crippen MR) is 259 cm³/mol. The van der Waals surface area contributed by atoms with Gasteiger partial charge in [-0.05, 0) is 172 Å². The molecule has 5 unspecified atom stereocenters. The predicted octanol–water partition coefficient (Wildman–Crippen LogP) is 15.4. The van der Waals surface area contributed by atoms with Crippen molar-refractivity contribution in [2.24, 2.45) is 23.2 Å². The summed E-state index contributed by atoms with van der Waals surface area (Å²) < 4.78 is 2.28. The highest BCUT2D eigenvalue weighted by molar-refractivity contribution is 6.07. The van der Waals surface area contributed by atoms with E-state index < -0.39 is 0 Å². The lowest BCUT2D eigenvalue weighted by Gasteiger charge is -2.73. The fourth-order valence-corrected chi connectivity index (χ4v) is 14.4. The van der Waals surface area contributed by atoms with Crippen LogP contribution in [0.5, 0.6) is 0 Å². The fourth-order valence-electron chi connectivity index (χ4n) is 14.4. The smallest absolute Gasteiger partial charge is 0.145 e. The van der Waals surface area contributed by atoms with Gasteiger partial charge in [0.15, 0.2) is 0 Å². The molecule has 4 saturated carbocycles. The Morgan fingerprint density at radius 2 is 1.14 bits per heavy atom. The second-order valence-electron chi connectivity index (χ2n) is 20.1. The number of anilines is 3. The number of nitrogens with zero attached hydrogens (tertiary/aromatic N) is 3. The number of para-hydroxylation sites is 1. The summed E-state index contributed by atoms with van der Waals surface area (Å²) >= 11 is 0. The van der Waals surface area contributed by atoms with Gasteiger partial charge in [0.2, 0.25) is 0 Å². The summed E-state index contributed by atoms with van der Waals surface area (Å²) in [4.78, 5) is 7.26. The first-order valence-electron chi connectivity index (χ1n) is 23.2. The third-order valence-electron chi connectivity index (χ3n) is 17.1. The van der Waals surface area contributed by atoms with Crippen LogP contribution < -0.4 is 4.90 Å². The molecule has 63 heavy (non-hydrogen) atoms. The van der Waals surface area contributed by atoms with Crippen molar-refractivity contribution in [1.82, 2.24) is 9.55 Å². The van der Waals surface area contributed by atoms with Crippen molar-refractivity contribution in [1.29, 1.82) is 0 Å². The largest absolute Gasteiger partial charge is 0.310 e. The zero-order valence-electron chi connectivity index (χ0n) is 35.9. The van der Waals surface area contributed by atoms with Crippen molar-refractivity contribution in [3.63, 3.8) is 0 Å². The van der Waals surface area contributed by atoms with Gasteiger partial charge >= 0.3 is 0 Å². The molecule has 2 heterocycles. The van der Waals surface area contributed by atoms with E-state index in [1.54, 1.807) is 5.56 Å². The van der Waals surface area contributed by atoms with Gasteiger partial charge in [-0.3, -0.25) is 4.57 Å². The number of hydrogen-bond acceptors (Lipinski definition) is 2. The summed E-state index contributed by atoms with van der Waals surface area (Å²) in [5.41, 5.74) is 19.7. The van der Waals surface area contributed by atoms with E-state index in [4.69, 9.17) is 4.98 Å². The maximum absolute atomic E-state index is 4.85. The van der Waals surface area contributed by atoms with Crippen molar-refractivity contribution in [2.45, 2.75) is 56.8 Å². The highest BCUT2D eigenvalue weighted by atomic mass is 15.1. The lowest BCUT2D eigenvalue weighted by molar-refractivity contribution is -0.198. The van der Waals surface area contributed by atoms with Gasteiger partial charge in [0.05, 0.1) is 5.52 Å². The Morgan fingerprint density at radius 1 is 0.524 bits per heavy atom. The second kappa shape index (κ2) is 12.7. The van der Waals surface area contributed by atoms with Crippen molar-refractivity contribution < 1.29 is 0 Å². The number of fused-ring (bicyclic) bond motifs is 7. The molecule has 5 aliphatic carbocycles. The first kappa shape index (κ1) is 35.8. The molecule has 0 aliphatic heterocycles. The Hall–Kier alpha value is -6.71. The number of aromatic nitrogens is 2. The van der Waals surface area contributed by atoms with Crippen LogP contribution in [-0.4, -0.2) is 9.55 Å². The minimum absolute atomic E-state index is 0.103. The summed E-state index contributed by atoms with van der Waals surface area (Å²) in [7, 11) is 0. The Bertz CT molecular complexity index is 3250. The van der Waals surface area contributed by atoms with Crippen LogP contribution in [0.2, 0.25) is 0 Å². The number of hydrogen-bond donors (Lipinski definition) is 0. The average Bonchev–Trinajstić information content (AvgIpc) is 4.02. The van der Waals surface area contributed by atoms with Gasteiger partial charge in [-0.25, -0.2) is 4.98 Å². The van der Waals surface area contributed by atoms with Crippen LogP contribution in [-0.2, 0) is 10.8 Å². The summed E-state index contributed by atoms with van der Waals surface area (Å²) in [6, 6.07) is 65.9. The van der Waals surface area contributed by atoms with Gasteiger partial charge in [0, 0.05) is 50.5 Å². The molecule has 7 aromatic carbocycles. The quantitative estimate of drug-likeness (QED) is 0.160.